The molecule has 31 heavy (non-hydrogen) atoms. The number of ether oxygens (including phenoxy) is 1. The number of rotatable bonds is 6. The van der Waals surface area contributed by atoms with Crippen molar-refractivity contribution in [2.45, 2.75) is 17.7 Å². The normalized spacial score (nSPS) is 12.9. The Morgan fingerprint density at radius 3 is 2.48 bits per heavy atom. The number of hydrogen-bond donors (Lipinski definition) is 3. The summed E-state index contributed by atoms with van der Waals surface area (Å²) in [6, 6.07) is 20.6. The second kappa shape index (κ2) is 9.18. The minimum Gasteiger partial charge on any atom is -0.507 e. The topological polar surface area (TPSA) is 78.8 Å². The van der Waals surface area contributed by atoms with E-state index in [-0.39, 0.29) is 17.4 Å². The number of benzene rings is 3. The molecule has 0 unspecified atom stereocenters. The monoisotopic (exact) mass is 433 g/mol. The summed E-state index contributed by atoms with van der Waals surface area (Å²) in [6.07, 6.45) is 1.63. The first kappa shape index (κ1) is 20.9. The van der Waals surface area contributed by atoms with Crippen molar-refractivity contribution in [2.24, 2.45) is 0 Å². The fourth-order valence-corrected chi connectivity index (χ4v) is 4.53. The van der Waals surface area contributed by atoms with Crippen LogP contribution in [-0.4, -0.2) is 29.0 Å². The third kappa shape index (κ3) is 4.70. The van der Waals surface area contributed by atoms with Gasteiger partial charge in [-0.05, 0) is 54.3 Å². The summed E-state index contributed by atoms with van der Waals surface area (Å²) >= 11 is 1.55. The zero-order valence-corrected chi connectivity index (χ0v) is 17.9. The standard InChI is InChI=1S/C25H23NO4S/c1-30-22-14-17(10-13-21(22)27)7-6-16-8-11-18(12-9-16)26-25(29)20-15-31-23-5-3-2-4-19(23)24(20)28/h2-5,8-14,27-28H,6-7,15H2,1H3,(H,26,29). The van der Waals surface area contributed by atoms with Gasteiger partial charge in [0.25, 0.3) is 5.91 Å². The van der Waals surface area contributed by atoms with Crippen LogP contribution in [0.2, 0.25) is 0 Å². The van der Waals surface area contributed by atoms with Crippen LogP contribution in [0.3, 0.4) is 0 Å². The highest BCUT2D eigenvalue weighted by Crippen LogP contribution is 2.36. The number of phenolic OH excluding ortho intramolecular Hbond substituents is 1. The Kier molecular flexibility index (Phi) is 6.18. The second-order valence-electron chi connectivity index (χ2n) is 7.27. The summed E-state index contributed by atoms with van der Waals surface area (Å²) in [4.78, 5) is 13.7. The maximum absolute atomic E-state index is 12.7. The number of hydrogen-bond acceptors (Lipinski definition) is 5. The van der Waals surface area contributed by atoms with E-state index >= 15 is 0 Å². The molecule has 1 amide bonds. The first-order chi connectivity index (χ1) is 15.0. The molecule has 0 saturated carbocycles. The van der Waals surface area contributed by atoms with Gasteiger partial charge >= 0.3 is 0 Å². The minimum absolute atomic E-state index is 0.0489. The number of carbonyl (C=O) groups is 1. The Hall–Kier alpha value is -3.38. The number of anilines is 1. The number of aliphatic hydroxyl groups is 1. The van der Waals surface area contributed by atoms with Gasteiger partial charge < -0.3 is 20.3 Å². The van der Waals surface area contributed by atoms with Crippen LogP contribution in [0.4, 0.5) is 5.69 Å². The lowest BCUT2D eigenvalue weighted by Crippen LogP contribution is -2.19. The van der Waals surface area contributed by atoms with Crippen LogP contribution >= 0.6 is 11.8 Å². The van der Waals surface area contributed by atoms with Gasteiger partial charge in [0.2, 0.25) is 0 Å². The van der Waals surface area contributed by atoms with Crippen LogP contribution in [0.25, 0.3) is 5.76 Å². The van der Waals surface area contributed by atoms with E-state index in [0.29, 0.717) is 28.3 Å². The van der Waals surface area contributed by atoms with Crippen molar-refractivity contribution < 1.29 is 19.7 Å². The predicted octanol–water partition coefficient (Wildman–Crippen LogP) is 5.20. The fourth-order valence-electron chi connectivity index (χ4n) is 3.47. The number of methoxy groups -OCH3 is 1. The van der Waals surface area contributed by atoms with Gasteiger partial charge in [-0.3, -0.25) is 4.79 Å². The largest absolute Gasteiger partial charge is 0.507 e. The molecule has 0 spiro atoms. The first-order valence-corrected chi connectivity index (χ1v) is 10.9. The number of aromatic hydroxyl groups is 1. The Labute approximate surface area is 185 Å². The van der Waals surface area contributed by atoms with E-state index in [1.54, 1.807) is 17.8 Å². The van der Waals surface area contributed by atoms with E-state index in [1.807, 2.05) is 60.7 Å². The van der Waals surface area contributed by atoms with Gasteiger partial charge in [-0.1, -0.05) is 36.4 Å². The number of fused-ring (bicyclic) bond motifs is 1. The average Bonchev–Trinajstić information content (AvgIpc) is 2.80. The molecule has 1 aliphatic heterocycles. The fraction of sp³-hybridized carbons (Fsp3) is 0.160. The molecule has 4 rings (SSSR count). The number of nitrogens with one attached hydrogen (secondary N) is 1. The highest BCUT2D eigenvalue weighted by Gasteiger charge is 2.23. The molecule has 3 aromatic rings. The number of aryl methyl sites for hydroxylation is 2. The second-order valence-corrected chi connectivity index (χ2v) is 8.29. The Balaban J connectivity index is 1.39. The van der Waals surface area contributed by atoms with Crippen molar-refractivity contribution in [1.82, 2.24) is 0 Å². The molecule has 5 nitrogen and oxygen atoms in total. The Morgan fingerprint density at radius 1 is 1.00 bits per heavy atom. The molecule has 0 saturated heterocycles. The molecule has 0 aliphatic carbocycles. The molecule has 158 valence electrons. The summed E-state index contributed by atoms with van der Waals surface area (Å²) in [5.74, 6) is 0.795. The highest BCUT2D eigenvalue weighted by atomic mass is 32.2. The molecular weight excluding hydrogens is 410 g/mol. The van der Waals surface area contributed by atoms with Crippen LogP contribution < -0.4 is 10.1 Å². The number of thioether (sulfide) groups is 1. The molecule has 0 bridgehead atoms. The molecule has 6 heteroatoms. The van der Waals surface area contributed by atoms with Crippen LogP contribution in [0.1, 0.15) is 16.7 Å². The summed E-state index contributed by atoms with van der Waals surface area (Å²) in [6.45, 7) is 0. The van der Waals surface area contributed by atoms with Crippen LogP contribution in [0.15, 0.2) is 77.2 Å². The van der Waals surface area contributed by atoms with Crippen molar-refractivity contribution in [3.05, 3.63) is 89.0 Å². The van der Waals surface area contributed by atoms with Crippen molar-refractivity contribution in [1.29, 1.82) is 0 Å². The van der Waals surface area contributed by atoms with E-state index in [1.165, 1.54) is 7.11 Å². The lowest BCUT2D eigenvalue weighted by atomic mass is 10.0. The number of amides is 1. The van der Waals surface area contributed by atoms with Crippen molar-refractivity contribution in [3.63, 3.8) is 0 Å². The van der Waals surface area contributed by atoms with E-state index in [9.17, 15) is 15.0 Å². The molecular formula is C25H23NO4S. The van der Waals surface area contributed by atoms with Crippen LogP contribution in [0, 0.1) is 0 Å². The van der Waals surface area contributed by atoms with Gasteiger partial charge in [-0.25, -0.2) is 0 Å². The predicted molar refractivity (Wildman–Crippen MR) is 124 cm³/mol. The maximum Gasteiger partial charge on any atom is 0.256 e. The molecule has 3 aromatic carbocycles. The number of phenols is 1. The lowest BCUT2D eigenvalue weighted by Gasteiger charge is -2.18. The SMILES string of the molecule is COc1cc(CCc2ccc(NC(=O)C3=C(O)c4ccccc4SC3)cc2)ccc1O. The minimum atomic E-state index is -0.288. The third-order valence-electron chi connectivity index (χ3n) is 5.23. The van der Waals surface area contributed by atoms with Crippen molar-refractivity contribution in [3.8, 4) is 11.5 Å². The third-order valence-corrected chi connectivity index (χ3v) is 6.33. The summed E-state index contributed by atoms with van der Waals surface area (Å²) in [5.41, 5.74) is 3.97. The average molecular weight is 434 g/mol. The molecule has 0 fully saturated rings. The molecule has 1 heterocycles. The van der Waals surface area contributed by atoms with E-state index in [4.69, 9.17) is 4.74 Å². The lowest BCUT2D eigenvalue weighted by molar-refractivity contribution is -0.112. The van der Waals surface area contributed by atoms with E-state index < -0.39 is 0 Å². The maximum atomic E-state index is 12.7. The molecule has 0 aromatic heterocycles. The van der Waals surface area contributed by atoms with Crippen molar-refractivity contribution in [2.75, 3.05) is 18.2 Å². The van der Waals surface area contributed by atoms with E-state index in [0.717, 1.165) is 28.9 Å². The quantitative estimate of drug-likeness (QED) is 0.498. The molecule has 1 aliphatic rings. The van der Waals surface area contributed by atoms with Gasteiger partial charge in [0.05, 0.1) is 12.7 Å². The van der Waals surface area contributed by atoms with E-state index in [2.05, 4.69) is 5.32 Å². The van der Waals surface area contributed by atoms with Crippen LogP contribution in [-0.2, 0) is 17.6 Å². The van der Waals surface area contributed by atoms with Gasteiger partial charge in [0.15, 0.2) is 11.5 Å². The molecule has 3 N–H and O–H groups in total. The summed E-state index contributed by atoms with van der Waals surface area (Å²) < 4.78 is 5.15. The summed E-state index contributed by atoms with van der Waals surface area (Å²) in [7, 11) is 1.53. The number of aliphatic hydroxyl groups excluding tert-OH is 1. The number of carbonyl (C=O) groups excluding carboxylic acids is 1. The molecule has 0 radical (unpaired) electrons. The van der Waals surface area contributed by atoms with Gasteiger partial charge in [0.1, 0.15) is 5.76 Å². The zero-order valence-electron chi connectivity index (χ0n) is 17.1. The Bertz CT molecular complexity index is 1140. The zero-order chi connectivity index (χ0) is 21.8. The summed E-state index contributed by atoms with van der Waals surface area (Å²) in [5, 5.41) is 23.1. The smallest absolute Gasteiger partial charge is 0.256 e. The first-order valence-electron chi connectivity index (χ1n) is 9.95. The van der Waals surface area contributed by atoms with Gasteiger partial charge in [-0.15, -0.1) is 11.8 Å². The highest BCUT2D eigenvalue weighted by molar-refractivity contribution is 7.99. The van der Waals surface area contributed by atoms with Gasteiger partial charge in [0, 0.05) is 21.9 Å². The van der Waals surface area contributed by atoms with Gasteiger partial charge in [-0.2, -0.15) is 0 Å². The van der Waals surface area contributed by atoms with Crippen molar-refractivity contribution >= 4 is 29.1 Å². The van der Waals surface area contributed by atoms with Crippen LogP contribution in [0.5, 0.6) is 11.5 Å². The molecule has 0 atom stereocenters. The Morgan fingerprint density at radius 2 is 1.71 bits per heavy atom.